The highest BCUT2D eigenvalue weighted by Crippen LogP contribution is 1.94. The molecule has 0 amide bonds. The van der Waals surface area contributed by atoms with Gasteiger partial charge in [0, 0.05) is 12.7 Å². The second-order valence-electron chi connectivity index (χ2n) is 4.15. The maximum atomic E-state index is 4.35. The van der Waals surface area contributed by atoms with Crippen LogP contribution in [-0.4, -0.2) is 41.0 Å². The van der Waals surface area contributed by atoms with E-state index in [0.29, 0.717) is 0 Å². The largest absolute Gasteiger partial charge is 0.311 e. The molecular weight excluding hydrogens is 212 g/mol. The SMILES string of the molecule is CCN(CC)CCCNCc1ccnc(C)n1. The molecule has 0 spiro atoms. The van der Waals surface area contributed by atoms with E-state index in [0.717, 1.165) is 37.7 Å². The molecule has 0 aliphatic heterocycles. The van der Waals surface area contributed by atoms with Crippen LogP contribution in [0.1, 0.15) is 31.8 Å². The van der Waals surface area contributed by atoms with Gasteiger partial charge in [-0.1, -0.05) is 13.8 Å². The van der Waals surface area contributed by atoms with Gasteiger partial charge in [-0.05, 0) is 45.6 Å². The molecule has 4 heteroatoms. The molecule has 1 aromatic rings. The molecule has 96 valence electrons. The third-order valence-corrected chi connectivity index (χ3v) is 2.86. The zero-order chi connectivity index (χ0) is 12.5. The molecule has 0 bridgehead atoms. The lowest BCUT2D eigenvalue weighted by molar-refractivity contribution is 0.298. The van der Waals surface area contributed by atoms with Gasteiger partial charge >= 0.3 is 0 Å². The Balaban J connectivity index is 2.12. The summed E-state index contributed by atoms with van der Waals surface area (Å²) >= 11 is 0. The first-order chi connectivity index (χ1) is 8.26. The van der Waals surface area contributed by atoms with Crippen molar-refractivity contribution < 1.29 is 0 Å². The number of nitrogens with zero attached hydrogens (tertiary/aromatic N) is 3. The molecule has 0 aromatic carbocycles. The summed E-state index contributed by atoms with van der Waals surface area (Å²) in [5, 5.41) is 3.42. The van der Waals surface area contributed by atoms with Gasteiger partial charge in [-0.25, -0.2) is 9.97 Å². The van der Waals surface area contributed by atoms with Crippen LogP contribution in [-0.2, 0) is 6.54 Å². The number of aromatic nitrogens is 2. The second-order valence-corrected chi connectivity index (χ2v) is 4.15. The number of hydrogen-bond acceptors (Lipinski definition) is 4. The molecule has 0 unspecified atom stereocenters. The van der Waals surface area contributed by atoms with Crippen LogP contribution in [0.15, 0.2) is 12.3 Å². The first-order valence-electron chi connectivity index (χ1n) is 6.47. The van der Waals surface area contributed by atoms with Crippen LogP contribution in [0.2, 0.25) is 0 Å². The minimum atomic E-state index is 0.835. The Kier molecular flexibility index (Phi) is 6.74. The van der Waals surface area contributed by atoms with Gasteiger partial charge in [-0.3, -0.25) is 0 Å². The predicted octanol–water partition coefficient (Wildman–Crippen LogP) is 1.61. The lowest BCUT2D eigenvalue weighted by atomic mass is 10.3. The van der Waals surface area contributed by atoms with Crippen molar-refractivity contribution in [3.63, 3.8) is 0 Å². The molecule has 0 saturated heterocycles. The molecule has 0 fully saturated rings. The Morgan fingerprint density at radius 3 is 2.71 bits per heavy atom. The third kappa shape index (κ3) is 5.75. The standard InChI is InChI=1S/C13H24N4/c1-4-17(5-2)10-6-8-14-11-13-7-9-15-12(3)16-13/h7,9,14H,4-6,8,10-11H2,1-3H3. The first-order valence-corrected chi connectivity index (χ1v) is 6.47. The number of hydrogen-bond donors (Lipinski definition) is 1. The van der Waals surface area contributed by atoms with E-state index in [1.807, 2.05) is 19.2 Å². The van der Waals surface area contributed by atoms with Crippen molar-refractivity contribution in [3.8, 4) is 0 Å². The van der Waals surface area contributed by atoms with Gasteiger partial charge in [-0.15, -0.1) is 0 Å². The van der Waals surface area contributed by atoms with Crippen LogP contribution in [0.4, 0.5) is 0 Å². The summed E-state index contributed by atoms with van der Waals surface area (Å²) in [5.41, 5.74) is 1.07. The highest BCUT2D eigenvalue weighted by Gasteiger charge is 1.98. The maximum Gasteiger partial charge on any atom is 0.125 e. The van der Waals surface area contributed by atoms with Crippen molar-refractivity contribution in [3.05, 3.63) is 23.8 Å². The number of nitrogens with one attached hydrogen (secondary N) is 1. The monoisotopic (exact) mass is 236 g/mol. The van der Waals surface area contributed by atoms with Gasteiger partial charge in [0.15, 0.2) is 0 Å². The third-order valence-electron chi connectivity index (χ3n) is 2.86. The van der Waals surface area contributed by atoms with E-state index in [4.69, 9.17) is 0 Å². The molecule has 1 N–H and O–H groups in total. The molecule has 1 rings (SSSR count). The van der Waals surface area contributed by atoms with Crippen LogP contribution in [0.3, 0.4) is 0 Å². The Hall–Kier alpha value is -1.00. The Labute approximate surface area is 104 Å². The summed E-state index contributed by atoms with van der Waals surface area (Å²) < 4.78 is 0. The van der Waals surface area contributed by atoms with Gasteiger partial charge in [0.25, 0.3) is 0 Å². The van der Waals surface area contributed by atoms with Crippen LogP contribution in [0.5, 0.6) is 0 Å². The smallest absolute Gasteiger partial charge is 0.125 e. The lowest BCUT2D eigenvalue weighted by Crippen LogP contribution is -2.27. The fraction of sp³-hybridized carbons (Fsp3) is 0.692. The van der Waals surface area contributed by atoms with Crippen molar-refractivity contribution in [1.82, 2.24) is 20.2 Å². The van der Waals surface area contributed by atoms with Gasteiger partial charge in [0.1, 0.15) is 5.82 Å². The van der Waals surface area contributed by atoms with E-state index < -0.39 is 0 Å². The average molecular weight is 236 g/mol. The summed E-state index contributed by atoms with van der Waals surface area (Å²) in [6.45, 7) is 11.7. The molecule has 17 heavy (non-hydrogen) atoms. The van der Waals surface area contributed by atoms with E-state index >= 15 is 0 Å². The molecule has 0 atom stereocenters. The predicted molar refractivity (Wildman–Crippen MR) is 70.9 cm³/mol. The molecule has 1 heterocycles. The summed E-state index contributed by atoms with van der Waals surface area (Å²) in [5.74, 6) is 0.840. The van der Waals surface area contributed by atoms with Crippen molar-refractivity contribution in [2.24, 2.45) is 0 Å². The van der Waals surface area contributed by atoms with Crippen LogP contribution in [0, 0.1) is 6.92 Å². The normalized spacial score (nSPS) is 11.1. The highest BCUT2D eigenvalue weighted by atomic mass is 15.1. The maximum absolute atomic E-state index is 4.35. The van der Waals surface area contributed by atoms with Crippen LogP contribution in [0.25, 0.3) is 0 Å². The van der Waals surface area contributed by atoms with E-state index in [1.165, 1.54) is 13.0 Å². The fourth-order valence-electron chi connectivity index (χ4n) is 1.79. The Morgan fingerprint density at radius 1 is 1.29 bits per heavy atom. The summed E-state index contributed by atoms with van der Waals surface area (Å²) in [7, 11) is 0. The topological polar surface area (TPSA) is 41.0 Å². The van der Waals surface area contributed by atoms with Crippen molar-refractivity contribution >= 4 is 0 Å². The van der Waals surface area contributed by atoms with Crippen molar-refractivity contribution in [2.45, 2.75) is 33.7 Å². The zero-order valence-corrected chi connectivity index (χ0v) is 11.2. The minimum Gasteiger partial charge on any atom is -0.311 e. The minimum absolute atomic E-state index is 0.835. The van der Waals surface area contributed by atoms with E-state index in [9.17, 15) is 0 Å². The van der Waals surface area contributed by atoms with Gasteiger partial charge in [0.05, 0.1) is 5.69 Å². The Bertz CT molecular complexity index is 310. The van der Waals surface area contributed by atoms with E-state index in [2.05, 4.69) is 34.0 Å². The molecule has 4 nitrogen and oxygen atoms in total. The number of rotatable bonds is 8. The molecule has 0 aliphatic rings. The molecule has 1 aromatic heterocycles. The van der Waals surface area contributed by atoms with Crippen LogP contribution >= 0.6 is 0 Å². The van der Waals surface area contributed by atoms with Crippen molar-refractivity contribution in [1.29, 1.82) is 0 Å². The van der Waals surface area contributed by atoms with E-state index in [1.54, 1.807) is 0 Å². The van der Waals surface area contributed by atoms with Crippen LogP contribution < -0.4 is 5.32 Å². The second kappa shape index (κ2) is 8.14. The lowest BCUT2D eigenvalue weighted by Gasteiger charge is -2.17. The molecule has 0 radical (unpaired) electrons. The first kappa shape index (κ1) is 14.1. The average Bonchev–Trinajstić information content (AvgIpc) is 2.34. The molecular formula is C13H24N4. The van der Waals surface area contributed by atoms with Gasteiger partial charge in [-0.2, -0.15) is 0 Å². The summed E-state index contributed by atoms with van der Waals surface area (Å²) in [4.78, 5) is 10.9. The fourth-order valence-corrected chi connectivity index (χ4v) is 1.79. The zero-order valence-electron chi connectivity index (χ0n) is 11.2. The van der Waals surface area contributed by atoms with Crippen molar-refractivity contribution in [2.75, 3.05) is 26.2 Å². The Morgan fingerprint density at radius 2 is 2.06 bits per heavy atom. The molecule has 0 aliphatic carbocycles. The summed E-state index contributed by atoms with van der Waals surface area (Å²) in [6.07, 6.45) is 3.00. The molecule has 0 saturated carbocycles. The van der Waals surface area contributed by atoms with E-state index in [-0.39, 0.29) is 0 Å². The quantitative estimate of drug-likeness (QED) is 0.696. The highest BCUT2D eigenvalue weighted by molar-refractivity contribution is 5.00. The summed E-state index contributed by atoms with van der Waals surface area (Å²) in [6, 6.07) is 1.96. The number of aryl methyl sites for hydroxylation is 1. The van der Waals surface area contributed by atoms with Gasteiger partial charge < -0.3 is 10.2 Å². The van der Waals surface area contributed by atoms with Gasteiger partial charge in [0.2, 0.25) is 0 Å².